The third-order valence-electron chi connectivity index (χ3n) is 5.41. The van der Waals surface area contributed by atoms with Gasteiger partial charge >= 0.3 is 12.3 Å². The largest absolute Gasteiger partial charge is 0.465 e. The maximum absolute atomic E-state index is 13.5. The Morgan fingerprint density at radius 1 is 1.28 bits per heavy atom. The number of carboxylic acid groups (broad SMARTS) is 1. The van der Waals surface area contributed by atoms with Gasteiger partial charge in [-0.05, 0) is 36.5 Å². The molecule has 1 fully saturated rings. The number of benzene rings is 1. The molecular formula is C20H23F4N3O2. The molecular weight excluding hydrogens is 390 g/mol. The molecule has 1 aromatic carbocycles. The van der Waals surface area contributed by atoms with E-state index in [2.05, 4.69) is 9.97 Å². The summed E-state index contributed by atoms with van der Waals surface area (Å²) in [6, 6.07) is 2.61. The third kappa shape index (κ3) is 4.38. The highest BCUT2D eigenvalue weighted by molar-refractivity contribution is 5.66. The van der Waals surface area contributed by atoms with Gasteiger partial charge in [-0.25, -0.2) is 14.2 Å². The Bertz CT molecular complexity index is 902. The normalized spacial score (nSPS) is 20.7. The van der Waals surface area contributed by atoms with Crippen LogP contribution in [0.15, 0.2) is 24.4 Å². The number of hydrogen-bond acceptors (Lipinski definition) is 2. The maximum Gasteiger partial charge on any atom is 0.419 e. The Kier molecular flexibility index (Phi) is 5.36. The summed E-state index contributed by atoms with van der Waals surface area (Å²) in [4.78, 5) is 20.4. The zero-order valence-corrected chi connectivity index (χ0v) is 16.3. The summed E-state index contributed by atoms with van der Waals surface area (Å²) in [5, 5.41) is 9.48. The monoisotopic (exact) mass is 413 g/mol. The zero-order valence-electron chi connectivity index (χ0n) is 16.3. The number of piperidine rings is 1. The van der Waals surface area contributed by atoms with E-state index in [1.54, 1.807) is 0 Å². The van der Waals surface area contributed by atoms with Crippen LogP contribution in [0.4, 0.5) is 22.4 Å². The van der Waals surface area contributed by atoms with Crippen LogP contribution in [0.1, 0.15) is 50.9 Å². The number of halogens is 4. The molecule has 0 bridgehead atoms. The maximum atomic E-state index is 13.5. The second-order valence-electron chi connectivity index (χ2n) is 8.45. The van der Waals surface area contributed by atoms with E-state index in [4.69, 9.17) is 0 Å². The minimum absolute atomic E-state index is 0.0499. The van der Waals surface area contributed by atoms with Crippen molar-refractivity contribution < 1.29 is 27.5 Å². The number of carbonyl (C=O) groups is 1. The highest BCUT2D eigenvalue weighted by atomic mass is 19.4. The first-order chi connectivity index (χ1) is 13.4. The number of aromatic nitrogens is 2. The van der Waals surface area contributed by atoms with Gasteiger partial charge in [0.15, 0.2) is 0 Å². The van der Waals surface area contributed by atoms with Crippen molar-refractivity contribution in [2.24, 2.45) is 5.41 Å². The predicted molar refractivity (Wildman–Crippen MR) is 98.9 cm³/mol. The molecule has 5 nitrogen and oxygen atoms in total. The van der Waals surface area contributed by atoms with Gasteiger partial charge in [-0.3, -0.25) is 0 Å². The van der Waals surface area contributed by atoms with Crippen molar-refractivity contribution in [3.63, 3.8) is 0 Å². The molecule has 1 amide bonds. The minimum atomic E-state index is -4.79. The van der Waals surface area contributed by atoms with Crippen molar-refractivity contribution in [3.8, 4) is 11.3 Å². The lowest BCUT2D eigenvalue weighted by atomic mass is 9.77. The van der Waals surface area contributed by atoms with Crippen LogP contribution in [0, 0.1) is 11.2 Å². The van der Waals surface area contributed by atoms with Gasteiger partial charge in [-0.15, -0.1) is 0 Å². The summed E-state index contributed by atoms with van der Waals surface area (Å²) in [5.74, 6) is -0.779. The molecule has 2 aromatic rings. The van der Waals surface area contributed by atoms with Crippen LogP contribution in [0.5, 0.6) is 0 Å². The molecule has 1 saturated heterocycles. The van der Waals surface area contributed by atoms with Crippen molar-refractivity contribution in [1.82, 2.24) is 14.9 Å². The number of hydrogen-bond donors (Lipinski definition) is 2. The molecule has 2 N–H and O–H groups in total. The zero-order chi connectivity index (χ0) is 21.6. The van der Waals surface area contributed by atoms with E-state index in [1.165, 1.54) is 17.2 Å². The summed E-state index contributed by atoms with van der Waals surface area (Å²) < 4.78 is 52.5. The molecule has 2 unspecified atom stereocenters. The van der Waals surface area contributed by atoms with E-state index in [-0.39, 0.29) is 22.9 Å². The lowest BCUT2D eigenvalue weighted by Crippen LogP contribution is -2.51. The molecule has 29 heavy (non-hydrogen) atoms. The van der Waals surface area contributed by atoms with Crippen LogP contribution >= 0.6 is 0 Å². The average molecular weight is 413 g/mol. The number of alkyl halides is 3. The molecule has 0 radical (unpaired) electrons. The summed E-state index contributed by atoms with van der Waals surface area (Å²) in [5.41, 5.74) is -1.05. The van der Waals surface area contributed by atoms with Gasteiger partial charge in [0, 0.05) is 24.1 Å². The number of nitrogens with one attached hydrogen (secondary N) is 1. The van der Waals surface area contributed by atoms with Gasteiger partial charge < -0.3 is 15.0 Å². The molecule has 0 saturated carbocycles. The van der Waals surface area contributed by atoms with Crippen LogP contribution in [-0.2, 0) is 6.18 Å². The van der Waals surface area contributed by atoms with Gasteiger partial charge in [-0.2, -0.15) is 13.2 Å². The lowest BCUT2D eigenvalue weighted by molar-refractivity contribution is -0.139. The molecule has 9 heteroatoms. The second-order valence-corrected chi connectivity index (χ2v) is 8.45. The molecule has 158 valence electrons. The van der Waals surface area contributed by atoms with E-state index in [0.717, 1.165) is 12.1 Å². The fourth-order valence-corrected chi connectivity index (χ4v) is 3.86. The van der Waals surface area contributed by atoms with Gasteiger partial charge in [0.25, 0.3) is 0 Å². The van der Waals surface area contributed by atoms with E-state index in [9.17, 15) is 27.5 Å². The second kappa shape index (κ2) is 7.35. The quantitative estimate of drug-likeness (QED) is 0.638. The SMILES string of the molecule is CC(C)(C)C1CC(c2ncc(-c3ccc(F)c(C(F)(F)F)c3)[nH]2)CCN1C(=O)O. The van der Waals surface area contributed by atoms with Gasteiger partial charge in [-0.1, -0.05) is 20.8 Å². The fraction of sp³-hybridized carbons (Fsp3) is 0.500. The number of imidazole rings is 1. The average Bonchev–Trinajstić information content (AvgIpc) is 3.10. The first-order valence-electron chi connectivity index (χ1n) is 9.29. The van der Waals surface area contributed by atoms with Gasteiger partial charge in [0.2, 0.25) is 0 Å². The first kappa shape index (κ1) is 21.1. The molecule has 1 aliphatic rings. The van der Waals surface area contributed by atoms with Crippen LogP contribution < -0.4 is 0 Å². The number of amides is 1. The Morgan fingerprint density at radius 3 is 2.55 bits per heavy atom. The highest BCUT2D eigenvalue weighted by Gasteiger charge is 2.40. The smallest absolute Gasteiger partial charge is 0.419 e. The molecule has 2 atom stereocenters. The standard InChI is InChI=1S/C20H23F4N3O2/c1-19(2,3)16-9-12(6-7-27(16)18(28)29)17-25-10-15(26-17)11-4-5-14(21)13(8-11)20(22,23)24/h4-5,8,10,12,16H,6-7,9H2,1-3H3,(H,25,26)(H,28,29). The summed E-state index contributed by atoms with van der Waals surface area (Å²) in [6.45, 7) is 6.27. The number of nitrogens with zero attached hydrogens (tertiary/aromatic N) is 2. The number of rotatable bonds is 2. The van der Waals surface area contributed by atoms with Crippen molar-refractivity contribution >= 4 is 6.09 Å². The first-order valence-corrected chi connectivity index (χ1v) is 9.29. The molecule has 1 aliphatic heterocycles. The van der Waals surface area contributed by atoms with Crippen molar-refractivity contribution in [2.75, 3.05) is 6.54 Å². The summed E-state index contributed by atoms with van der Waals surface area (Å²) in [6.07, 6.45) is -3.21. The fourth-order valence-electron chi connectivity index (χ4n) is 3.86. The van der Waals surface area contributed by atoms with E-state index >= 15 is 0 Å². The van der Waals surface area contributed by atoms with Crippen molar-refractivity contribution in [2.45, 2.75) is 51.7 Å². The number of aromatic amines is 1. The van der Waals surface area contributed by atoms with Crippen LogP contribution in [0.25, 0.3) is 11.3 Å². The molecule has 0 spiro atoms. The summed E-state index contributed by atoms with van der Waals surface area (Å²) >= 11 is 0. The number of H-pyrrole nitrogens is 1. The van der Waals surface area contributed by atoms with E-state index in [1.807, 2.05) is 20.8 Å². The van der Waals surface area contributed by atoms with Crippen LogP contribution in [0.3, 0.4) is 0 Å². The van der Waals surface area contributed by atoms with Crippen LogP contribution in [0.2, 0.25) is 0 Å². The Hall–Kier alpha value is -2.58. The predicted octanol–water partition coefficient (Wildman–Crippen LogP) is 5.51. The molecule has 0 aliphatic carbocycles. The van der Waals surface area contributed by atoms with Gasteiger partial charge in [0.05, 0.1) is 17.5 Å². The minimum Gasteiger partial charge on any atom is -0.465 e. The molecule has 1 aromatic heterocycles. The Morgan fingerprint density at radius 2 is 1.97 bits per heavy atom. The third-order valence-corrected chi connectivity index (χ3v) is 5.41. The van der Waals surface area contributed by atoms with E-state index < -0.39 is 23.7 Å². The topological polar surface area (TPSA) is 69.2 Å². The highest BCUT2D eigenvalue weighted by Crippen LogP contribution is 2.39. The Balaban J connectivity index is 1.86. The van der Waals surface area contributed by atoms with Gasteiger partial charge in [0.1, 0.15) is 11.6 Å². The van der Waals surface area contributed by atoms with Crippen LogP contribution in [-0.4, -0.2) is 38.7 Å². The van der Waals surface area contributed by atoms with Crippen molar-refractivity contribution in [3.05, 3.63) is 41.6 Å². The molecule has 3 rings (SSSR count). The lowest BCUT2D eigenvalue weighted by Gasteiger charge is -2.44. The summed E-state index contributed by atoms with van der Waals surface area (Å²) in [7, 11) is 0. The van der Waals surface area contributed by atoms with Crippen molar-refractivity contribution in [1.29, 1.82) is 0 Å². The van der Waals surface area contributed by atoms with E-state index in [0.29, 0.717) is 30.9 Å². The number of likely N-dealkylation sites (tertiary alicyclic amines) is 1. The Labute approximate surface area is 165 Å². The molecule has 2 heterocycles.